The van der Waals surface area contributed by atoms with Crippen LogP contribution in [0.2, 0.25) is 0 Å². The lowest BCUT2D eigenvalue weighted by molar-refractivity contribution is -0.144. The van der Waals surface area contributed by atoms with E-state index in [0.717, 1.165) is 0 Å². The van der Waals surface area contributed by atoms with E-state index in [1.807, 2.05) is 0 Å². The van der Waals surface area contributed by atoms with Crippen LogP contribution in [0.25, 0.3) is 0 Å². The molecule has 80 valence electrons. The van der Waals surface area contributed by atoms with Gasteiger partial charge in [-0.15, -0.1) is 12.4 Å². The number of hydrogen-bond acceptors (Lipinski definition) is 3. The zero-order valence-electron chi connectivity index (χ0n) is 7.34. The highest BCUT2D eigenvalue weighted by Gasteiger charge is 2.74. The van der Waals surface area contributed by atoms with Crippen molar-refractivity contribution in [1.29, 1.82) is 0 Å². The van der Waals surface area contributed by atoms with Gasteiger partial charge in [0.1, 0.15) is 0 Å². The third kappa shape index (κ3) is 1.12. The van der Waals surface area contributed by atoms with Gasteiger partial charge in [-0.3, -0.25) is 9.59 Å². The molecule has 0 aromatic carbocycles. The Bertz CT molecular complexity index is 295. The summed E-state index contributed by atoms with van der Waals surface area (Å²) in [5, 5.41) is 17.6. The fourth-order valence-corrected chi connectivity index (χ4v) is 2.71. The van der Waals surface area contributed by atoms with Gasteiger partial charge in [0.15, 0.2) is 0 Å². The molecule has 2 rings (SSSR count). The van der Waals surface area contributed by atoms with E-state index in [2.05, 4.69) is 0 Å². The smallest absolute Gasteiger partial charge is 0.308 e. The minimum Gasteiger partial charge on any atom is -0.481 e. The predicted octanol–water partition coefficient (Wildman–Crippen LogP) is -0.0691. The van der Waals surface area contributed by atoms with E-state index in [1.54, 1.807) is 0 Å². The van der Waals surface area contributed by atoms with Gasteiger partial charge in [0.25, 0.3) is 0 Å². The van der Waals surface area contributed by atoms with Gasteiger partial charge in [0, 0.05) is 5.54 Å². The zero-order chi connectivity index (χ0) is 9.80. The molecule has 6 heteroatoms. The van der Waals surface area contributed by atoms with E-state index >= 15 is 0 Å². The number of carbonyl (C=O) groups is 2. The van der Waals surface area contributed by atoms with Gasteiger partial charge in [-0.05, 0) is 18.8 Å². The highest BCUT2D eigenvalue weighted by molar-refractivity contribution is 5.85. The Morgan fingerprint density at radius 2 is 1.79 bits per heavy atom. The van der Waals surface area contributed by atoms with Gasteiger partial charge in [0.2, 0.25) is 0 Å². The van der Waals surface area contributed by atoms with Gasteiger partial charge in [-0.1, -0.05) is 0 Å². The summed E-state index contributed by atoms with van der Waals surface area (Å²) in [5.41, 5.74) is 4.82. The van der Waals surface area contributed by atoms with E-state index in [1.165, 1.54) is 0 Å². The zero-order valence-corrected chi connectivity index (χ0v) is 8.16. The molecule has 0 aromatic rings. The Hall–Kier alpha value is -0.810. The molecule has 0 spiro atoms. The molecule has 2 aliphatic carbocycles. The SMILES string of the molecule is Cl.NC12C(C(=O)O)CCC1C2C(=O)O. The lowest BCUT2D eigenvalue weighted by Gasteiger charge is -2.15. The van der Waals surface area contributed by atoms with Crippen LogP contribution in [-0.2, 0) is 9.59 Å². The summed E-state index contributed by atoms with van der Waals surface area (Å²) in [5.74, 6) is -3.35. The molecule has 0 bridgehead atoms. The maximum Gasteiger partial charge on any atom is 0.308 e. The highest BCUT2D eigenvalue weighted by atomic mass is 35.5. The normalized spacial score (nSPS) is 43.6. The molecule has 5 nitrogen and oxygen atoms in total. The van der Waals surface area contributed by atoms with Gasteiger partial charge in [-0.2, -0.15) is 0 Å². The lowest BCUT2D eigenvalue weighted by atomic mass is 9.95. The number of carboxylic acid groups (broad SMARTS) is 2. The first-order chi connectivity index (χ1) is 5.99. The van der Waals surface area contributed by atoms with Crippen molar-refractivity contribution in [2.24, 2.45) is 23.5 Å². The summed E-state index contributed by atoms with van der Waals surface area (Å²) in [4.78, 5) is 21.4. The maximum absolute atomic E-state index is 10.7. The Kier molecular flexibility index (Phi) is 2.49. The van der Waals surface area contributed by atoms with Crippen LogP contribution in [0.1, 0.15) is 12.8 Å². The van der Waals surface area contributed by atoms with Gasteiger partial charge in [-0.25, -0.2) is 0 Å². The van der Waals surface area contributed by atoms with Crippen molar-refractivity contribution in [2.75, 3.05) is 0 Å². The number of carboxylic acids is 2. The number of rotatable bonds is 2. The number of halogens is 1. The van der Waals surface area contributed by atoms with Crippen molar-refractivity contribution in [3.05, 3.63) is 0 Å². The average molecular weight is 222 g/mol. The lowest BCUT2D eigenvalue weighted by Crippen LogP contribution is -2.39. The molecule has 4 atom stereocenters. The number of aliphatic carboxylic acids is 2. The van der Waals surface area contributed by atoms with Crippen LogP contribution < -0.4 is 5.73 Å². The van der Waals surface area contributed by atoms with Crippen LogP contribution in [0.3, 0.4) is 0 Å². The molecule has 0 radical (unpaired) electrons. The van der Waals surface area contributed by atoms with Crippen molar-refractivity contribution in [1.82, 2.24) is 0 Å². The Labute approximate surface area is 86.7 Å². The van der Waals surface area contributed by atoms with Crippen LogP contribution in [0.5, 0.6) is 0 Å². The van der Waals surface area contributed by atoms with Crippen molar-refractivity contribution in [2.45, 2.75) is 18.4 Å². The Morgan fingerprint density at radius 1 is 1.21 bits per heavy atom. The molecule has 0 saturated heterocycles. The van der Waals surface area contributed by atoms with Gasteiger partial charge >= 0.3 is 11.9 Å². The second-order valence-corrected chi connectivity index (χ2v) is 3.89. The van der Waals surface area contributed by atoms with Crippen molar-refractivity contribution in [3.63, 3.8) is 0 Å². The molecule has 2 saturated carbocycles. The van der Waals surface area contributed by atoms with Gasteiger partial charge < -0.3 is 15.9 Å². The minimum atomic E-state index is -0.964. The summed E-state index contributed by atoms with van der Waals surface area (Å²) in [6, 6.07) is 0. The first-order valence-electron chi connectivity index (χ1n) is 4.24. The fourth-order valence-electron chi connectivity index (χ4n) is 2.71. The maximum atomic E-state index is 10.7. The summed E-state index contributed by atoms with van der Waals surface area (Å²) >= 11 is 0. The van der Waals surface area contributed by atoms with Crippen molar-refractivity contribution >= 4 is 24.3 Å². The molecule has 4 N–H and O–H groups in total. The van der Waals surface area contributed by atoms with Gasteiger partial charge in [0.05, 0.1) is 11.8 Å². The Balaban J connectivity index is 0.000000980. The monoisotopic (exact) mass is 221 g/mol. The number of nitrogens with two attached hydrogens (primary N) is 1. The second kappa shape index (κ2) is 3.10. The molecule has 14 heavy (non-hydrogen) atoms. The summed E-state index contributed by atoms with van der Waals surface area (Å²) < 4.78 is 0. The summed E-state index contributed by atoms with van der Waals surface area (Å²) in [7, 11) is 0. The summed E-state index contributed by atoms with van der Waals surface area (Å²) in [6.07, 6.45) is 1.14. The number of hydrogen-bond donors (Lipinski definition) is 3. The van der Waals surface area contributed by atoms with E-state index in [-0.39, 0.29) is 18.3 Å². The molecular weight excluding hydrogens is 210 g/mol. The quantitative estimate of drug-likeness (QED) is 0.606. The molecule has 0 aromatic heterocycles. The molecule has 4 unspecified atom stereocenters. The third-order valence-electron chi connectivity index (χ3n) is 3.41. The topological polar surface area (TPSA) is 101 Å². The minimum absolute atomic E-state index is 0. The van der Waals surface area contributed by atoms with Crippen molar-refractivity contribution in [3.8, 4) is 0 Å². The largest absolute Gasteiger partial charge is 0.481 e. The number of fused-ring (bicyclic) bond motifs is 1. The van der Waals surface area contributed by atoms with Crippen LogP contribution in [-0.4, -0.2) is 27.7 Å². The fraction of sp³-hybridized carbons (Fsp3) is 0.750. The first-order valence-corrected chi connectivity index (χ1v) is 4.24. The average Bonchev–Trinajstić information content (AvgIpc) is 2.44. The molecule has 0 aliphatic heterocycles. The van der Waals surface area contributed by atoms with Crippen LogP contribution in [0.4, 0.5) is 0 Å². The predicted molar refractivity (Wildman–Crippen MR) is 49.1 cm³/mol. The van der Waals surface area contributed by atoms with E-state index in [4.69, 9.17) is 15.9 Å². The highest BCUT2D eigenvalue weighted by Crippen LogP contribution is 2.62. The van der Waals surface area contributed by atoms with Crippen molar-refractivity contribution < 1.29 is 19.8 Å². The van der Waals surface area contributed by atoms with E-state index < -0.39 is 29.3 Å². The molecule has 2 aliphatic rings. The molecular formula is C8H12ClNO4. The molecule has 0 heterocycles. The first kappa shape index (κ1) is 11.3. The Morgan fingerprint density at radius 3 is 2.14 bits per heavy atom. The van der Waals surface area contributed by atoms with Crippen LogP contribution >= 0.6 is 12.4 Å². The standard InChI is InChI=1S/C8H11NO4.ClH/c9-8-3(5(8)7(12)13)1-2-4(8)6(10)11;/h3-5H,1-2,9H2,(H,10,11)(H,12,13);1H. The summed E-state index contributed by atoms with van der Waals surface area (Å²) in [6.45, 7) is 0. The second-order valence-electron chi connectivity index (χ2n) is 3.89. The molecule has 2 fully saturated rings. The van der Waals surface area contributed by atoms with E-state index in [9.17, 15) is 9.59 Å². The van der Waals surface area contributed by atoms with Crippen LogP contribution in [0.15, 0.2) is 0 Å². The third-order valence-corrected chi connectivity index (χ3v) is 3.41. The van der Waals surface area contributed by atoms with Crippen LogP contribution in [0, 0.1) is 17.8 Å². The van der Waals surface area contributed by atoms with E-state index in [0.29, 0.717) is 12.8 Å². The molecule has 0 amide bonds.